The molecule has 5 rings (SSSR count). The maximum absolute atomic E-state index is 13.7. The van der Waals surface area contributed by atoms with Gasteiger partial charge in [-0.05, 0) is 36.8 Å². The number of rotatable bonds is 6. The lowest BCUT2D eigenvalue weighted by Gasteiger charge is -2.30. The van der Waals surface area contributed by atoms with E-state index in [1.54, 1.807) is 43.3 Å². The second-order valence-corrected chi connectivity index (χ2v) is 10.5. The van der Waals surface area contributed by atoms with Crippen LogP contribution in [0.2, 0.25) is 10.0 Å². The molecule has 1 heterocycles. The number of carbonyl (C=O) groups excluding carboxylic acids is 2. The highest BCUT2D eigenvalue weighted by atomic mass is 79.9. The minimum absolute atomic E-state index is 0.148. The van der Waals surface area contributed by atoms with Crippen LogP contribution >= 0.6 is 39.1 Å². The van der Waals surface area contributed by atoms with Gasteiger partial charge in [0.05, 0.1) is 31.4 Å². The van der Waals surface area contributed by atoms with Gasteiger partial charge in [-0.2, -0.15) is 0 Å². The zero-order valence-electron chi connectivity index (χ0n) is 20.7. The SMILES string of the molecule is COC(=O)C1=C(C)NC2=C(C(=O)c3ccccc32)[C@H]1c1cc(OC)c(OCc2ccc(Cl)cc2Cl)cc1Br. The van der Waals surface area contributed by atoms with Crippen LogP contribution in [0.1, 0.15) is 39.9 Å². The van der Waals surface area contributed by atoms with Crippen molar-refractivity contribution in [1.82, 2.24) is 5.32 Å². The summed E-state index contributed by atoms with van der Waals surface area (Å²) < 4.78 is 17.5. The molecule has 1 aliphatic heterocycles. The fourth-order valence-electron chi connectivity index (χ4n) is 4.86. The third-order valence-electron chi connectivity index (χ3n) is 6.65. The number of Topliss-reactive ketones (excluding diaryl/α,β-unsaturated/α-hetero) is 1. The first-order valence-corrected chi connectivity index (χ1v) is 13.2. The summed E-state index contributed by atoms with van der Waals surface area (Å²) in [6.45, 7) is 1.98. The summed E-state index contributed by atoms with van der Waals surface area (Å²) in [5.74, 6) is -0.497. The number of ether oxygens (including phenoxy) is 3. The fraction of sp³-hybridized carbons (Fsp3) is 0.172. The van der Waals surface area contributed by atoms with Gasteiger partial charge in [-0.3, -0.25) is 4.79 Å². The summed E-state index contributed by atoms with van der Waals surface area (Å²) in [4.78, 5) is 26.7. The van der Waals surface area contributed by atoms with Crippen molar-refractivity contribution in [2.24, 2.45) is 0 Å². The van der Waals surface area contributed by atoms with E-state index in [2.05, 4.69) is 21.2 Å². The number of halogens is 3. The highest BCUT2D eigenvalue weighted by Crippen LogP contribution is 2.50. The number of benzene rings is 3. The second kappa shape index (κ2) is 10.5. The molecule has 38 heavy (non-hydrogen) atoms. The second-order valence-electron chi connectivity index (χ2n) is 8.80. The molecule has 0 saturated carbocycles. The van der Waals surface area contributed by atoms with E-state index < -0.39 is 11.9 Å². The summed E-state index contributed by atoms with van der Waals surface area (Å²) in [6, 6.07) is 16.1. The third kappa shape index (κ3) is 4.49. The van der Waals surface area contributed by atoms with E-state index in [9.17, 15) is 9.59 Å². The summed E-state index contributed by atoms with van der Waals surface area (Å²) >= 11 is 16.0. The molecule has 3 aromatic rings. The molecule has 1 aliphatic carbocycles. The van der Waals surface area contributed by atoms with E-state index in [4.69, 9.17) is 37.4 Å². The van der Waals surface area contributed by atoms with Gasteiger partial charge < -0.3 is 19.5 Å². The van der Waals surface area contributed by atoms with E-state index in [-0.39, 0.29) is 12.4 Å². The molecule has 0 amide bonds. The predicted molar refractivity (Wildman–Crippen MR) is 150 cm³/mol. The van der Waals surface area contributed by atoms with Crippen LogP contribution in [0.3, 0.4) is 0 Å². The van der Waals surface area contributed by atoms with Gasteiger partial charge in [0.15, 0.2) is 17.3 Å². The van der Waals surface area contributed by atoms with Crippen LogP contribution in [0, 0.1) is 0 Å². The number of hydrogen-bond acceptors (Lipinski definition) is 6. The van der Waals surface area contributed by atoms with Crippen LogP contribution in [-0.2, 0) is 16.1 Å². The van der Waals surface area contributed by atoms with E-state index in [1.807, 2.05) is 18.2 Å². The Balaban J connectivity index is 1.60. The van der Waals surface area contributed by atoms with Crippen LogP contribution < -0.4 is 14.8 Å². The van der Waals surface area contributed by atoms with Crippen LogP contribution in [0.4, 0.5) is 0 Å². The molecule has 1 N–H and O–H groups in total. The molecule has 0 spiro atoms. The van der Waals surface area contributed by atoms with Crippen LogP contribution in [0.15, 0.2) is 75.9 Å². The van der Waals surface area contributed by atoms with E-state index in [0.717, 1.165) is 11.1 Å². The van der Waals surface area contributed by atoms with E-state index in [1.165, 1.54) is 14.2 Å². The highest BCUT2D eigenvalue weighted by molar-refractivity contribution is 9.10. The number of carbonyl (C=O) groups is 2. The van der Waals surface area contributed by atoms with Crippen molar-refractivity contribution in [2.75, 3.05) is 14.2 Å². The first kappa shape index (κ1) is 26.4. The van der Waals surface area contributed by atoms with E-state index >= 15 is 0 Å². The van der Waals surface area contributed by atoms with E-state index in [0.29, 0.717) is 59.7 Å². The maximum atomic E-state index is 13.7. The minimum atomic E-state index is -0.707. The van der Waals surface area contributed by atoms with Crippen molar-refractivity contribution in [2.45, 2.75) is 19.4 Å². The van der Waals surface area contributed by atoms with Gasteiger partial charge in [-0.25, -0.2) is 4.79 Å². The summed E-state index contributed by atoms with van der Waals surface area (Å²) in [7, 11) is 2.85. The van der Waals surface area contributed by atoms with Gasteiger partial charge in [0.25, 0.3) is 0 Å². The largest absolute Gasteiger partial charge is 0.493 e. The third-order valence-corrected chi connectivity index (χ3v) is 7.92. The van der Waals surface area contributed by atoms with Crippen molar-refractivity contribution in [3.8, 4) is 11.5 Å². The Bertz CT molecular complexity index is 1560. The molecule has 194 valence electrons. The molecule has 0 bridgehead atoms. The molecular weight excluding hydrogens is 593 g/mol. The lowest BCUT2D eigenvalue weighted by atomic mass is 9.79. The van der Waals surface area contributed by atoms with Crippen molar-refractivity contribution >= 4 is 56.6 Å². The van der Waals surface area contributed by atoms with Gasteiger partial charge in [0.2, 0.25) is 0 Å². The number of methoxy groups -OCH3 is 2. The normalized spacial score (nSPS) is 16.2. The van der Waals surface area contributed by atoms with Gasteiger partial charge in [-0.15, -0.1) is 0 Å². The van der Waals surface area contributed by atoms with Crippen molar-refractivity contribution in [3.63, 3.8) is 0 Å². The summed E-state index contributed by atoms with van der Waals surface area (Å²) in [6.07, 6.45) is 0. The van der Waals surface area contributed by atoms with Crippen LogP contribution in [0.5, 0.6) is 11.5 Å². The molecule has 0 radical (unpaired) electrons. The fourth-order valence-corrected chi connectivity index (χ4v) is 5.87. The number of nitrogens with one attached hydrogen (secondary N) is 1. The van der Waals surface area contributed by atoms with Crippen LogP contribution in [-0.4, -0.2) is 26.0 Å². The number of ketones is 1. The van der Waals surface area contributed by atoms with Crippen molar-refractivity contribution in [3.05, 3.63) is 108 Å². The predicted octanol–water partition coefficient (Wildman–Crippen LogP) is 7.08. The Morgan fingerprint density at radius 3 is 2.45 bits per heavy atom. The Hall–Kier alpha value is -3.26. The lowest BCUT2D eigenvalue weighted by Crippen LogP contribution is -2.29. The zero-order valence-corrected chi connectivity index (χ0v) is 23.8. The lowest BCUT2D eigenvalue weighted by molar-refractivity contribution is -0.136. The number of dihydropyridines is 1. The average Bonchev–Trinajstić information content (AvgIpc) is 3.18. The average molecular weight is 615 g/mol. The molecular formula is C29H22BrCl2NO5. The number of esters is 1. The first-order chi connectivity index (χ1) is 18.2. The topological polar surface area (TPSA) is 73.9 Å². The molecule has 6 nitrogen and oxygen atoms in total. The van der Waals surface area contributed by atoms with Crippen molar-refractivity contribution in [1.29, 1.82) is 0 Å². The van der Waals surface area contributed by atoms with Crippen molar-refractivity contribution < 1.29 is 23.8 Å². The Morgan fingerprint density at radius 2 is 1.76 bits per heavy atom. The Labute approximate surface area is 238 Å². The van der Waals surface area contributed by atoms with Gasteiger partial charge >= 0.3 is 5.97 Å². The van der Waals surface area contributed by atoms with Gasteiger partial charge in [-0.1, -0.05) is 69.5 Å². The molecule has 0 aromatic heterocycles. The summed E-state index contributed by atoms with van der Waals surface area (Å²) in [5, 5.41) is 4.31. The molecule has 1 atom stereocenters. The molecule has 0 unspecified atom stereocenters. The van der Waals surface area contributed by atoms with Gasteiger partial charge in [0, 0.05) is 42.5 Å². The minimum Gasteiger partial charge on any atom is -0.493 e. The number of hydrogen-bond donors (Lipinski definition) is 1. The molecule has 3 aromatic carbocycles. The summed E-state index contributed by atoms with van der Waals surface area (Å²) in [5.41, 5.74) is 4.90. The number of fused-ring (bicyclic) bond motifs is 2. The number of allylic oxidation sites excluding steroid dienone is 2. The van der Waals surface area contributed by atoms with Crippen LogP contribution in [0.25, 0.3) is 5.70 Å². The quantitative estimate of drug-likeness (QED) is 0.299. The highest BCUT2D eigenvalue weighted by Gasteiger charge is 2.43. The maximum Gasteiger partial charge on any atom is 0.336 e. The zero-order chi connectivity index (χ0) is 27.1. The van der Waals surface area contributed by atoms with Gasteiger partial charge in [0.1, 0.15) is 6.61 Å². The smallest absolute Gasteiger partial charge is 0.336 e. The molecule has 2 aliphatic rings. The molecule has 0 saturated heterocycles. The first-order valence-electron chi connectivity index (χ1n) is 11.6. The monoisotopic (exact) mass is 613 g/mol. The molecule has 0 fully saturated rings. The Kier molecular flexibility index (Phi) is 7.27. The molecule has 9 heteroatoms. The standard InChI is InChI=1S/C29H22BrCl2NO5/c1-14-24(29(35)37-3)25(26-27(33-14)17-6-4-5-7-18(17)28(26)34)19-11-22(36-2)23(12-20(19)30)38-13-15-8-9-16(31)10-21(15)32/h4-12,25,33H,13H2,1-3H3/t25-/m0/s1. The Morgan fingerprint density at radius 1 is 1.03 bits per heavy atom.